The van der Waals surface area contributed by atoms with E-state index < -0.39 is 0 Å². The monoisotopic (exact) mass is 354 g/mol. The Morgan fingerprint density at radius 3 is 3.00 bits per heavy atom. The summed E-state index contributed by atoms with van der Waals surface area (Å²) < 4.78 is 1.16. The van der Waals surface area contributed by atoms with Crippen LogP contribution in [0.25, 0.3) is 0 Å². The van der Waals surface area contributed by atoms with Gasteiger partial charge in [-0.1, -0.05) is 18.2 Å². The Labute approximate surface area is 129 Å². The molecule has 1 aromatic carbocycles. The van der Waals surface area contributed by atoms with E-state index in [4.69, 9.17) is 5.84 Å². The molecule has 5 heteroatoms. The van der Waals surface area contributed by atoms with Crippen molar-refractivity contribution in [2.24, 2.45) is 5.84 Å². The van der Waals surface area contributed by atoms with Crippen molar-refractivity contribution in [2.75, 3.05) is 5.75 Å². The number of nitrogens with two attached hydrogens (primary N) is 1. The first-order valence-corrected chi connectivity index (χ1v) is 8.84. The minimum Gasteiger partial charge on any atom is -0.271 e. The number of thioether (sulfide) groups is 1. The third-order valence-electron chi connectivity index (χ3n) is 3.48. The van der Waals surface area contributed by atoms with E-state index in [2.05, 4.69) is 57.1 Å². The second-order valence-corrected chi connectivity index (χ2v) is 7.64. The molecule has 1 aliphatic rings. The van der Waals surface area contributed by atoms with Gasteiger partial charge in [0.05, 0.1) is 0 Å². The van der Waals surface area contributed by atoms with Gasteiger partial charge in [0, 0.05) is 37.3 Å². The number of nitrogens with one attached hydrogen (secondary N) is 1. The van der Waals surface area contributed by atoms with Crippen LogP contribution in [-0.4, -0.2) is 11.8 Å². The minimum absolute atomic E-state index is 0.293. The maximum Gasteiger partial charge on any atom is 0.0335 e. The molecule has 1 aromatic heterocycles. The third-order valence-corrected chi connectivity index (χ3v) is 6.41. The zero-order chi connectivity index (χ0) is 13.2. The molecule has 0 bridgehead atoms. The van der Waals surface area contributed by atoms with Crippen molar-refractivity contribution >= 4 is 39.0 Å². The van der Waals surface area contributed by atoms with Gasteiger partial charge in [-0.25, -0.2) is 0 Å². The highest BCUT2D eigenvalue weighted by Gasteiger charge is 2.29. The van der Waals surface area contributed by atoms with Crippen molar-refractivity contribution in [3.63, 3.8) is 0 Å². The molecule has 2 heterocycles. The second kappa shape index (κ2) is 5.97. The fourth-order valence-electron chi connectivity index (χ4n) is 2.52. The highest BCUT2D eigenvalue weighted by molar-refractivity contribution is 9.10. The number of benzene rings is 1. The molecule has 0 saturated carbocycles. The van der Waals surface area contributed by atoms with E-state index in [1.807, 2.05) is 11.8 Å². The third kappa shape index (κ3) is 2.90. The number of thiophene rings is 1. The van der Waals surface area contributed by atoms with E-state index in [0.717, 1.165) is 16.6 Å². The maximum absolute atomic E-state index is 5.80. The van der Waals surface area contributed by atoms with Gasteiger partial charge >= 0.3 is 0 Å². The molecule has 0 fully saturated rings. The van der Waals surface area contributed by atoms with Crippen LogP contribution in [0.15, 0.2) is 45.1 Å². The first-order chi connectivity index (χ1) is 9.28. The van der Waals surface area contributed by atoms with Crippen molar-refractivity contribution in [3.8, 4) is 0 Å². The Morgan fingerprint density at radius 2 is 2.26 bits per heavy atom. The Balaban J connectivity index is 1.80. The lowest BCUT2D eigenvalue weighted by atomic mass is 9.91. The van der Waals surface area contributed by atoms with E-state index in [0.29, 0.717) is 12.0 Å². The Hall–Kier alpha value is -0.330. The molecular weight excluding hydrogens is 340 g/mol. The predicted octanol–water partition coefficient (Wildman–Crippen LogP) is 3.77. The standard InChI is InChI=1S/C14H15BrN2S2/c15-9-5-10(18-7-9)6-13(17-16)12-8-19-14-4-2-1-3-11(12)14/h1-5,7,12-13,17H,6,8,16H2. The molecule has 0 radical (unpaired) electrons. The molecule has 0 saturated heterocycles. The van der Waals surface area contributed by atoms with Gasteiger partial charge in [-0.05, 0) is 40.0 Å². The van der Waals surface area contributed by atoms with Crippen molar-refractivity contribution in [3.05, 3.63) is 50.6 Å². The maximum atomic E-state index is 5.80. The van der Waals surface area contributed by atoms with Crippen molar-refractivity contribution < 1.29 is 0 Å². The summed E-state index contributed by atoms with van der Waals surface area (Å²) in [6, 6.07) is 11.1. The van der Waals surface area contributed by atoms with Crippen LogP contribution in [0.2, 0.25) is 0 Å². The molecule has 2 nitrogen and oxygen atoms in total. The van der Waals surface area contributed by atoms with E-state index in [1.54, 1.807) is 11.3 Å². The zero-order valence-electron chi connectivity index (χ0n) is 10.3. The van der Waals surface area contributed by atoms with Gasteiger partial charge in [-0.2, -0.15) is 0 Å². The number of hydrogen-bond donors (Lipinski definition) is 2. The molecule has 1 aliphatic heterocycles. The van der Waals surface area contributed by atoms with Crippen molar-refractivity contribution in [1.82, 2.24) is 5.43 Å². The minimum atomic E-state index is 0.293. The molecule has 19 heavy (non-hydrogen) atoms. The van der Waals surface area contributed by atoms with Gasteiger partial charge in [0.1, 0.15) is 0 Å². The summed E-state index contributed by atoms with van der Waals surface area (Å²) >= 11 is 7.23. The highest BCUT2D eigenvalue weighted by Crippen LogP contribution is 2.41. The van der Waals surface area contributed by atoms with Gasteiger partial charge in [0.2, 0.25) is 0 Å². The number of hydrazine groups is 1. The fraction of sp³-hybridized carbons (Fsp3) is 0.286. The van der Waals surface area contributed by atoms with E-state index >= 15 is 0 Å². The van der Waals surface area contributed by atoms with Crippen molar-refractivity contribution in [2.45, 2.75) is 23.3 Å². The van der Waals surface area contributed by atoms with Gasteiger partial charge in [-0.3, -0.25) is 11.3 Å². The average Bonchev–Trinajstić information content (AvgIpc) is 3.02. The first kappa shape index (κ1) is 13.6. The van der Waals surface area contributed by atoms with Gasteiger partial charge in [-0.15, -0.1) is 23.1 Å². The second-order valence-electron chi connectivity index (χ2n) is 4.66. The number of rotatable bonds is 4. The van der Waals surface area contributed by atoms with E-state index in [-0.39, 0.29) is 0 Å². The van der Waals surface area contributed by atoms with Crippen LogP contribution >= 0.6 is 39.0 Å². The highest BCUT2D eigenvalue weighted by atomic mass is 79.9. The summed E-state index contributed by atoms with van der Waals surface area (Å²) in [5.74, 6) is 7.40. The molecule has 2 atom stereocenters. The summed E-state index contributed by atoms with van der Waals surface area (Å²) in [5, 5.41) is 2.13. The molecule has 0 amide bonds. The molecule has 2 unspecified atom stereocenters. The lowest BCUT2D eigenvalue weighted by Crippen LogP contribution is -2.41. The van der Waals surface area contributed by atoms with Crippen LogP contribution in [0.1, 0.15) is 16.4 Å². The molecule has 0 aliphatic carbocycles. The van der Waals surface area contributed by atoms with Crippen LogP contribution in [0.5, 0.6) is 0 Å². The largest absolute Gasteiger partial charge is 0.271 e. The van der Waals surface area contributed by atoms with Crippen LogP contribution in [0.4, 0.5) is 0 Å². The van der Waals surface area contributed by atoms with Crippen LogP contribution < -0.4 is 11.3 Å². The van der Waals surface area contributed by atoms with Gasteiger partial charge < -0.3 is 0 Å². The molecule has 2 aromatic rings. The predicted molar refractivity (Wildman–Crippen MR) is 86.7 cm³/mol. The smallest absolute Gasteiger partial charge is 0.0335 e. The fourth-order valence-corrected chi connectivity index (χ4v) is 5.36. The van der Waals surface area contributed by atoms with Gasteiger partial charge in [0.25, 0.3) is 0 Å². The van der Waals surface area contributed by atoms with Crippen molar-refractivity contribution in [1.29, 1.82) is 0 Å². The Morgan fingerprint density at radius 1 is 1.42 bits per heavy atom. The molecule has 0 spiro atoms. The van der Waals surface area contributed by atoms with Crippen LogP contribution in [0.3, 0.4) is 0 Å². The molecule has 3 rings (SSSR count). The number of fused-ring (bicyclic) bond motifs is 1. The van der Waals surface area contributed by atoms with Crippen LogP contribution in [-0.2, 0) is 6.42 Å². The molecule has 100 valence electrons. The summed E-state index contributed by atoms with van der Waals surface area (Å²) in [6.45, 7) is 0. The quantitative estimate of drug-likeness (QED) is 0.648. The molecular formula is C14H15BrN2S2. The normalized spacial score (nSPS) is 19.4. The summed E-state index contributed by atoms with van der Waals surface area (Å²) in [7, 11) is 0. The topological polar surface area (TPSA) is 38.0 Å². The Kier molecular flexibility index (Phi) is 4.29. The van der Waals surface area contributed by atoms with E-state index in [9.17, 15) is 0 Å². The average molecular weight is 355 g/mol. The van der Waals surface area contributed by atoms with Crippen LogP contribution in [0, 0.1) is 0 Å². The summed E-state index contributed by atoms with van der Waals surface area (Å²) in [6.07, 6.45) is 0.978. The lowest BCUT2D eigenvalue weighted by molar-refractivity contribution is 0.465. The first-order valence-electron chi connectivity index (χ1n) is 6.18. The summed E-state index contributed by atoms with van der Waals surface area (Å²) in [5.41, 5.74) is 4.46. The molecule has 3 N–H and O–H groups in total. The summed E-state index contributed by atoms with van der Waals surface area (Å²) in [4.78, 5) is 2.77. The number of hydrogen-bond acceptors (Lipinski definition) is 4. The number of halogens is 1. The zero-order valence-corrected chi connectivity index (χ0v) is 13.5. The van der Waals surface area contributed by atoms with E-state index in [1.165, 1.54) is 15.3 Å². The SMILES string of the molecule is NNC(Cc1cc(Br)cs1)C1CSc2ccccc21. The Bertz CT molecular complexity index is 570. The van der Waals surface area contributed by atoms with Gasteiger partial charge in [0.15, 0.2) is 0 Å². The lowest BCUT2D eigenvalue weighted by Gasteiger charge is -2.22.